The second kappa shape index (κ2) is 7.17. The Morgan fingerprint density at radius 2 is 1.62 bits per heavy atom. The molecule has 2 fully saturated rings. The van der Waals surface area contributed by atoms with Crippen molar-refractivity contribution in [3.05, 3.63) is 30.3 Å². The van der Waals surface area contributed by atoms with E-state index >= 15 is 0 Å². The van der Waals surface area contributed by atoms with E-state index in [2.05, 4.69) is 5.32 Å². The Bertz CT molecular complexity index is 642. The van der Waals surface area contributed by atoms with Crippen molar-refractivity contribution in [3.8, 4) is 0 Å². The molecule has 2 aliphatic heterocycles. The van der Waals surface area contributed by atoms with Crippen LogP contribution in [0.5, 0.6) is 0 Å². The third kappa shape index (κ3) is 4.11. The number of hydrogen-bond acceptors (Lipinski definition) is 4. The number of hydrogen-bond donors (Lipinski definition) is 1. The number of para-hydroxylation sites is 1. The minimum Gasteiger partial charge on any atom is -0.444 e. The van der Waals surface area contributed by atoms with Crippen LogP contribution in [0.4, 0.5) is 10.5 Å². The standard InChI is InChI=1S/C20H29N3O3/c1-19(2,3)26-18(25)23-14-10-20(11-15-23,17(24)22-12-7-13-22)21-16-8-5-4-6-9-16/h4-6,8-9,21H,7,10-15H2,1-3H3. The fourth-order valence-electron chi connectivity index (χ4n) is 3.41. The molecule has 0 aromatic heterocycles. The summed E-state index contributed by atoms with van der Waals surface area (Å²) in [5.41, 5.74) is -0.228. The van der Waals surface area contributed by atoms with Gasteiger partial charge in [0.05, 0.1) is 0 Å². The van der Waals surface area contributed by atoms with Crippen molar-refractivity contribution in [3.63, 3.8) is 0 Å². The summed E-state index contributed by atoms with van der Waals surface area (Å²) in [4.78, 5) is 29.1. The zero-order valence-corrected chi connectivity index (χ0v) is 16.0. The molecule has 0 atom stereocenters. The van der Waals surface area contributed by atoms with Gasteiger partial charge < -0.3 is 19.9 Å². The number of likely N-dealkylation sites (tertiary alicyclic amines) is 2. The second-order valence-electron chi connectivity index (χ2n) is 8.19. The van der Waals surface area contributed by atoms with Crippen LogP contribution in [0.1, 0.15) is 40.0 Å². The number of anilines is 1. The van der Waals surface area contributed by atoms with Crippen molar-refractivity contribution in [2.75, 3.05) is 31.5 Å². The Labute approximate surface area is 155 Å². The number of nitrogens with one attached hydrogen (secondary N) is 1. The van der Waals surface area contributed by atoms with Crippen LogP contribution in [-0.2, 0) is 9.53 Å². The molecule has 6 heteroatoms. The topological polar surface area (TPSA) is 61.9 Å². The molecule has 0 saturated carbocycles. The molecule has 0 bridgehead atoms. The first-order valence-electron chi connectivity index (χ1n) is 9.40. The van der Waals surface area contributed by atoms with E-state index in [1.807, 2.05) is 56.0 Å². The Morgan fingerprint density at radius 3 is 2.12 bits per heavy atom. The number of benzene rings is 1. The van der Waals surface area contributed by atoms with Crippen LogP contribution in [-0.4, -0.2) is 59.1 Å². The summed E-state index contributed by atoms with van der Waals surface area (Å²) in [5.74, 6) is 0.149. The van der Waals surface area contributed by atoms with Crippen LogP contribution in [0.15, 0.2) is 30.3 Å². The van der Waals surface area contributed by atoms with Crippen LogP contribution in [0, 0.1) is 0 Å². The third-order valence-electron chi connectivity index (χ3n) is 4.98. The molecule has 2 heterocycles. The Kier molecular flexibility index (Phi) is 5.12. The summed E-state index contributed by atoms with van der Waals surface area (Å²) in [7, 11) is 0. The van der Waals surface area contributed by atoms with Crippen molar-refractivity contribution in [1.29, 1.82) is 0 Å². The van der Waals surface area contributed by atoms with Gasteiger partial charge in [-0.15, -0.1) is 0 Å². The summed E-state index contributed by atoms with van der Waals surface area (Å²) in [6, 6.07) is 9.83. The number of rotatable bonds is 3. The average Bonchev–Trinajstić information content (AvgIpc) is 2.53. The second-order valence-corrected chi connectivity index (χ2v) is 8.19. The quantitative estimate of drug-likeness (QED) is 0.901. The van der Waals surface area contributed by atoms with Crippen molar-refractivity contribution < 1.29 is 14.3 Å². The summed E-state index contributed by atoms with van der Waals surface area (Å²) in [6.45, 7) is 8.26. The van der Waals surface area contributed by atoms with Crippen LogP contribution >= 0.6 is 0 Å². The minimum absolute atomic E-state index is 0.149. The van der Waals surface area contributed by atoms with Crippen molar-refractivity contribution in [2.45, 2.75) is 51.2 Å². The molecule has 0 radical (unpaired) electrons. The largest absolute Gasteiger partial charge is 0.444 e. The Hall–Kier alpha value is -2.24. The molecule has 1 N–H and O–H groups in total. The Morgan fingerprint density at radius 1 is 1.00 bits per heavy atom. The maximum absolute atomic E-state index is 13.1. The minimum atomic E-state index is -0.652. The van der Waals surface area contributed by atoms with Crippen LogP contribution < -0.4 is 5.32 Å². The fourth-order valence-corrected chi connectivity index (χ4v) is 3.41. The van der Waals surface area contributed by atoms with E-state index in [0.717, 1.165) is 25.2 Å². The van der Waals surface area contributed by atoms with E-state index in [4.69, 9.17) is 4.74 Å². The highest BCUT2D eigenvalue weighted by molar-refractivity contribution is 5.90. The van der Waals surface area contributed by atoms with Crippen LogP contribution in [0.25, 0.3) is 0 Å². The number of ether oxygens (including phenoxy) is 1. The molecule has 0 spiro atoms. The number of piperidine rings is 1. The fraction of sp³-hybridized carbons (Fsp3) is 0.600. The first kappa shape index (κ1) is 18.5. The van der Waals surface area contributed by atoms with Crippen molar-refractivity contribution >= 4 is 17.7 Å². The van der Waals surface area contributed by atoms with Gasteiger partial charge >= 0.3 is 6.09 Å². The van der Waals surface area contributed by atoms with E-state index < -0.39 is 11.1 Å². The monoisotopic (exact) mass is 359 g/mol. The highest BCUT2D eigenvalue weighted by Gasteiger charge is 2.46. The van der Waals surface area contributed by atoms with Crippen molar-refractivity contribution in [1.82, 2.24) is 9.80 Å². The summed E-state index contributed by atoms with van der Waals surface area (Å²) >= 11 is 0. The molecule has 2 aliphatic rings. The molecule has 0 unspecified atom stereocenters. The molecule has 3 rings (SSSR count). The van der Waals surface area contributed by atoms with E-state index in [9.17, 15) is 9.59 Å². The first-order chi connectivity index (χ1) is 12.3. The predicted molar refractivity (Wildman–Crippen MR) is 101 cm³/mol. The van der Waals surface area contributed by atoms with Gasteiger partial charge in [-0.05, 0) is 52.2 Å². The lowest BCUT2D eigenvalue weighted by Gasteiger charge is -2.46. The molecule has 142 valence electrons. The molecule has 2 saturated heterocycles. The number of nitrogens with zero attached hydrogens (tertiary/aromatic N) is 2. The summed E-state index contributed by atoms with van der Waals surface area (Å²) in [6.07, 6.45) is 1.92. The molecular weight excluding hydrogens is 330 g/mol. The molecule has 6 nitrogen and oxygen atoms in total. The van der Waals surface area contributed by atoms with E-state index in [1.54, 1.807) is 4.90 Å². The Balaban J connectivity index is 1.72. The first-order valence-corrected chi connectivity index (χ1v) is 9.40. The molecule has 26 heavy (non-hydrogen) atoms. The van der Waals surface area contributed by atoms with E-state index in [-0.39, 0.29) is 12.0 Å². The summed E-state index contributed by atoms with van der Waals surface area (Å²) in [5, 5.41) is 3.48. The lowest BCUT2D eigenvalue weighted by molar-refractivity contribution is -0.141. The zero-order valence-electron chi connectivity index (χ0n) is 16.0. The SMILES string of the molecule is CC(C)(C)OC(=O)N1CCC(Nc2ccccc2)(C(=O)N2CCC2)CC1. The van der Waals surface area contributed by atoms with Gasteiger partial charge in [0.25, 0.3) is 0 Å². The smallest absolute Gasteiger partial charge is 0.410 e. The molecule has 0 aliphatic carbocycles. The normalized spacial score (nSPS) is 19.5. The average molecular weight is 359 g/mol. The maximum atomic E-state index is 13.1. The molecule has 1 aromatic rings. The van der Waals surface area contributed by atoms with Gasteiger partial charge in [-0.25, -0.2) is 4.79 Å². The van der Waals surface area contributed by atoms with Gasteiger partial charge in [-0.3, -0.25) is 4.79 Å². The van der Waals surface area contributed by atoms with Crippen LogP contribution in [0.2, 0.25) is 0 Å². The summed E-state index contributed by atoms with van der Waals surface area (Å²) < 4.78 is 5.48. The van der Waals surface area contributed by atoms with E-state index in [1.165, 1.54) is 0 Å². The van der Waals surface area contributed by atoms with Gasteiger partial charge in [-0.1, -0.05) is 18.2 Å². The number of carbonyl (C=O) groups excluding carboxylic acids is 2. The molecule has 2 amide bonds. The predicted octanol–water partition coefficient (Wildman–Crippen LogP) is 3.10. The molecular formula is C20H29N3O3. The van der Waals surface area contributed by atoms with Gasteiger partial charge in [0, 0.05) is 31.9 Å². The highest BCUT2D eigenvalue weighted by atomic mass is 16.6. The third-order valence-corrected chi connectivity index (χ3v) is 4.98. The number of amides is 2. The lowest BCUT2D eigenvalue weighted by atomic mass is 9.84. The molecule has 1 aromatic carbocycles. The zero-order chi connectivity index (χ0) is 18.8. The number of carbonyl (C=O) groups is 2. The highest BCUT2D eigenvalue weighted by Crippen LogP contribution is 2.31. The van der Waals surface area contributed by atoms with Crippen LogP contribution in [0.3, 0.4) is 0 Å². The van der Waals surface area contributed by atoms with Gasteiger partial charge in [0.15, 0.2) is 0 Å². The van der Waals surface area contributed by atoms with Gasteiger partial charge in [0.2, 0.25) is 5.91 Å². The van der Waals surface area contributed by atoms with E-state index in [0.29, 0.717) is 25.9 Å². The van der Waals surface area contributed by atoms with Gasteiger partial charge in [0.1, 0.15) is 11.1 Å². The lowest BCUT2D eigenvalue weighted by Crippen LogP contribution is -2.62. The maximum Gasteiger partial charge on any atom is 0.410 e. The van der Waals surface area contributed by atoms with Crippen molar-refractivity contribution in [2.24, 2.45) is 0 Å². The van der Waals surface area contributed by atoms with Gasteiger partial charge in [-0.2, -0.15) is 0 Å².